The van der Waals surface area contributed by atoms with Crippen molar-refractivity contribution in [1.29, 1.82) is 0 Å². The van der Waals surface area contributed by atoms with Gasteiger partial charge in [-0.1, -0.05) is 0 Å². The molecule has 0 bridgehead atoms. The fourth-order valence-corrected chi connectivity index (χ4v) is 3.29. The summed E-state index contributed by atoms with van der Waals surface area (Å²) in [5.41, 5.74) is 2.11. The Balaban J connectivity index is 1.41. The topological polar surface area (TPSA) is 59.3 Å². The van der Waals surface area contributed by atoms with E-state index in [0.717, 1.165) is 50.2 Å². The van der Waals surface area contributed by atoms with Crippen LogP contribution < -0.4 is 9.64 Å². The monoisotopic (exact) mass is 338 g/mol. The Bertz CT molecular complexity index is 827. The van der Waals surface area contributed by atoms with E-state index < -0.39 is 0 Å². The van der Waals surface area contributed by atoms with Gasteiger partial charge in [0.1, 0.15) is 6.33 Å². The molecule has 1 fully saturated rings. The van der Waals surface area contributed by atoms with Gasteiger partial charge in [-0.15, -0.1) is 0 Å². The van der Waals surface area contributed by atoms with Gasteiger partial charge in [-0.05, 0) is 24.3 Å². The van der Waals surface area contributed by atoms with Crippen molar-refractivity contribution in [2.45, 2.75) is 6.54 Å². The van der Waals surface area contributed by atoms with E-state index in [1.54, 1.807) is 13.4 Å². The average Bonchev–Trinajstić information content (AvgIpc) is 3.19. The summed E-state index contributed by atoms with van der Waals surface area (Å²) in [6, 6.07) is 8.27. The third-order valence-electron chi connectivity index (χ3n) is 4.72. The molecule has 0 amide bonds. The fourth-order valence-electron chi connectivity index (χ4n) is 3.29. The van der Waals surface area contributed by atoms with E-state index in [0.29, 0.717) is 5.88 Å². The molecule has 0 spiro atoms. The SMILES string of the molecule is COc1ncnc2ccc(N3CCN(CCn4cccn4)CC3)cc12. The van der Waals surface area contributed by atoms with Gasteiger partial charge in [0, 0.05) is 50.8 Å². The second-order valence-electron chi connectivity index (χ2n) is 6.18. The summed E-state index contributed by atoms with van der Waals surface area (Å²) in [7, 11) is 1.65. The molecule has 1 saturated heterocycles. The van der Waals surface area contributed by atoms with Gasteiger partial charge in [-0.2, -0.15) is 5.10 Å². The summed E-state index contributed by atoms with van der Waals surface area (Å²) in [6.45, 7) is 6.12. The van der Waals surface area contributed by atoms with E-state index in [1.165, 1.54) is 5.69 Å². The highest BCUT2D eigenvalue weighted by Gasteiger charge is 2.18. The van der Waals surface area contributed by atoms with Crippen molar-refractivity contribution >= 4 is 16.6 Å². The van der Waals surface area contributed by atoms with Crippen molar-refractivity contribution in [3.8, 4) is 5.88 Å². The van der Waals surface area contributed by atoms with Crippen LogP contribution in [0.3, 0.4) is 0 Å². The molecule has 1 aromatic carbocycles. The summed E-state index contributed by atoms with van der Waals surface area (Å²) in [6.07, 6.45) is 5.38. The molecule has 1 aliphatic rings. The van der Waals surface area contributed by atoms with E-state index >= 15 is 0 Å². The van der Waals surface area contributed by atoms with Gasteiger partial charge >= 0.3 is 0 Å². The lowest BCUT2D eigenvalue weighted by Gasteiger charge is -2.36. The molecule has 3 heterocycles. The Morgan fingerprint density at radius 2 is 1.96 bits per heavy atom. The molecule has 4 rings (SSSR count). The van der Waals surface area contributed by atoms with Crippen molar-refractivity contribution in [2.75, 3.05) is 44.7 Å². The predicted octanol–water partition coefficient (Wildman–Crippen LogP) is 1.66. The average molecular weight is 338 g/mol. The van der Waals surface area contributed by atoms with Gasteiger partial charge in [0.2, 0.25) is 5.88 Å². The number of rotatable bonds is 5. The molecule has 0 saturated carbocycles. The Kier molecular flexibility index (Phi) is 4.47. The van der Waals surface area contributed by atoms with Gasteiger partial charge in [0.05, 0.1) is 24.6 Å². The largest absolute Gasteiger partial charge is 0.480 e. The Morgan fingerprint density at radius 3 is 2.72 bits per heavy atom. The number of aromatic nitrogens is 4. The first kappa shape index (κ1) is 15.8. The maximum Gasteiger partial charge on any atom is 0.224 e. The van der Waals surface area contributed by atoms with E-state index in [9.17, 15) is 0 Å². The lowest BCUT2D eigenvalue weighted by Crippen LogP contribution is -2.47. The van der Waals surface area contributed by atoms with Crippen LogP contribution >= 0.6 is 0 Å². The van der Waals surface area contributed by atoms with Crippen LogP contribution in [-0.4, -0.2) is 64.5 Å². The second-order valence-corrected chi connectivity index (χ2v) is 6.18. The Labute approximate surface area is 146 Å². The molecular weight excluding hydrogens is 316 g/mol. The number of methoxy groups -OCH3 is 1. The molecule has 0 N–H and O–H groups in total. The lowest BCUT2D eigenvalue weighted by atomic mass is 10.2. The number of anilines is 1. The highest BCUT2D eigenvalue weighted by atomic mass is 16.5. The molecule has 0 unspecified atom stereocenters. The fraction of sp³-hybridized carbons (Fsp3) is 0.389. The molecule has 3 aromatic rings. The molecule has 7 nitrogen and oxygen atoms in total. The Morgan fingerprint density at radius 1 is 1.08 bits per heavy atom. The van der Waals surface area contributed by atoms with Crippen LogP contribution in [0.2, 0.25) is 0 Å². The van der Waals surface area contributed by atoms with Gasteiger partial charge < -0.3 is 9.64 Å². The van der Waals surface area contributed by atoms with Crippen LogP contribution in [0.5, 0.6) is 5.88 Å². The zero-order valence-electron chi connectivity index (χ0n) is 14.4. The van der Waals surface area contributed by atoms with Crippen molar-refractivity contribution in [3.05, 3.63) is 43.0 Å². The van der Waals surface area contributed by atoms with Crippen LogP contribution in [0.25, 0.3) is 10.9 Å². The first-order chi connectivity index (χ1) is 12.3. The third kappa shape index (κ3) is 3.41. The maximum atomic E-state index is 5.37. The second kappa shape index (κ2) is 7.06. The van der Waals surface area contributed by atoms with E-state index in [4.69, 9.17) is 4.74 Å². The summed E-state index contributed by atoms with van der Waals surface area (Å²) < 4.78 is 7.36. The minimum Gasteiger partial charge on any atom is -0.480 e. The number of nitrogens with zero attached hydrogens (tertiary/aromatic N) is 6. The number of fused-ring (bicyclic) bond motifs is 1. The number of hydrogen-bond donors (Lipinski definition) is 0. The van der Waals surface area contributed by atoms with Crippen LogP contribution in [0.15, 0.2) is 43.0 Å². The van der Waals surface area contributed by atoms with E-state index in [-0.39, 0.29) is 0 Å². The van der Waals surface area contributed by atoms with Gasteiger partial charge in [-0.25, -0.2) is 9.97 Å². The van der Waals surface area contributed by atoms with Crippen LogP contribution in [0.1, 0.15) is 0 Å². The summed E-state index contributed by atoms with van der Waals surface area (Å²) >= 11 is 0. The van der Waals surface area contributed by atoms with Gasteiger partial charge in [0.25, 0.3) is 0 Å². The molecule has 25 heavy (non-hydrogen) atoms. The summed E-state index contributed by atoms with van der Waals surface area (Å²) in [4.78, 5) is 13.4. The zero-order valence-corrected chi connectivity index (χ0v) is 14.4. The van der Waals surface area contributed by atoms with Crippen molar-refractivity contribution in [3.63, 3.8) is 0 Å². The summed E-state index contributed by atoms with van der Waals surface area (Å²) in [5, 5.41) is 5.23. The predicted molar refractivity (Wildman–Crippen MR) is 97.0 cm³/mol. The van der Waals surface area contributed by atoms with Crippen LogP contribution in [0, 0.1) is 0 Å². The number of ether oxygens (including phenoxy) is 1. The zero-order chi connectivity index (χ0) is 17.1. The molecule has 1 aliphatic heterocycles. The van der Waals surface area contributed by atoms with Crippen molar-refractivity contribution in [2.24, 2.45) is 0 Å². The lowest BCUT2D eigenvalue weighted by molar-refractivity contribution is 0.244. The minimum atomic E-state index is 0.629. The normalized spacial score (nSPS) is 15.6. The minimum absolute atomic E-state index is 0.629. The Hall–Kier alpha value is -2.67. The summed E-state index contributed by atoms with van der Waals surface area (Å²) in [5.74, 6) is 0.629. The number of hydrogen-bond acceptors (Lipinski definition) is 6. The molecule has 0 atom stereocenters. The van der Waals surface area contributed by atoms with Gasteiger partial charge in [-0.3, -0.25) is 9.58 Å². The number of benzene rings is 1. The third-order valence-corrected chi connectivity index (χ3v) is 4.72. The quantitative estimate of drug-likeness (QED) is 0.705. The smallest absolute Gasteiger partial charge is 0.224 e. The molecule has 0 radical (unpaired) electrons. The van der Waals surface area contributed by atoms with E-state index in [2.05, 4.69) is 37.0 Å². The van der Waals surface area contributed by atoms with Crippen molar-refractivity contribution in [1.82, 2.24) is 24.6 Å². The van der Waals surface area contributed by atoms with E-state index in [1.807, 2.05) is 29.2 Å². The molecule has 7 heteroatoms. The highest BCUT2D eigenvalue weighted by molar-refractivity contribution is 5.86. The number of piperazine rings is 1. The molecule has 0 aliphatic carbocycles. The standard InChI is InChI=1S/C18H22N6O/c1-25-18-16-13-15(3-4-17(16)19-14-20-18)23-10-7-22(8-11-23)9-12-24-6-2-5-21-24/h2-6,13-14H,7-12H2,1H3. The van der Waals surface area contributed by atoms with Crippen LogP contribution in [0.4, 0.5) is 5.69 Å². The molecular formula is C18H22N6O. The van der Waals surface area contributed by atoms with Crippen molar-refractivity contribution < 1.29 is 4.74 Å². The highest BCUT2D eigenvalue weighted by Crippen LogP contribution is 2.27. The first-order valence-electron chi connectivity index (χ1n) is 8.57. The van der Waals surface area contributed by atoms with Crippen LogP contribution in [-0.2, 0) is 6.54 Å². The maximum absolute atomic E-state index is 5.37. The first-order valence-corrected chi connectivity index (χ1v) is 8.57. The molecule has 130 valence electrons. The van der Waals surface area contributed by atoms with Gasteiger partial charge in [0.15, 0.2) is 0 Å². The molecule has 2 aromatic heterocycles.